The molecule has 0 spiro atoms. The minimum absolute atomic E-state index is 0.248. The normalized spacial score (nSPS) is 15.9. The number of nitrogens with one attached hydrogen (secondary N) is 1. The number of amides is 1. The van der Waals surface area contributed by atoms with Crippen molar-refractivity contribution >= 4 is 11.6 Å². The summed E-state index contributed by atoms with van der Waals surface area (Å²) in [4.78, 5) is 11.3. The maximum Gasteiger partial charge on any atom is 0.416 e. The highest BCUT2D eigenvalue weighted by Gasteiger charge is 2.33. The maximum absolute atomic E-state index is 12.8. The number of rotatable bonds is 3. The highest BCUT2D eigenvalue weighted by atomic mass is 19.4. The molecule has 0 saturated carbocycles. The molecule has 0 fully saturated rings. The Morgan fingerprint density at radius 2 is 1.88 bits per heavy atom. The molecule has 0 aromatic heterocycles. The maximum atomic E-state index is 12.8. The number of ether oxygens (including phenoxy) is 2. The molecule has 1 aliphatic heterocycles. The molecule has 3 rings (SSSR count). The van der Waals surface area contributed by atoms with Crippen LogP contribution in [0.2, 0.25) is 0 Å². The van der Waals surface area contributed by atoms with Crippen LogP contribution >= 0.6 is 0 Å². The average Bonchev–Trinajstić information content (AvgIpc) is 2.97. The van der Waals surface area contributed by atoms with Crippen molar-refractivity contribution < 1.29 is 27.4 Å². The van der Waals surface area contributed by atoms with Crippen LogP contribution in [-0.4, -0.2) is 5.91 Å². The lowest BCUT2D eigenvalue weighted by Crippen LogP contribution is -2.11. The molecule has 1 atom stereocenters. The van der Waals surface area contributed by atoms with Crippen LogP contribution in [0.15, 0.2) is 55.1 Å². The Bertz CT molecular complexity index is 802. The summed E-state index contributed by atoms with van der Waals surface area (Å²) in [5.74, 6) is 0.330. The van der Waals surface area contributed by atoms with E-state index in [1.54, 1.807) is 12.1 Å². The van der Waals surface area contributed by atoms with Gasteiger partial charge in [0.05, 0.1) is 5.56 Å². The molecule has 1 amide bonds. The van der Waals surface area contributed by atoms with Crippen LogP contribution in [-0.2, 0) is 11.0 Å². The fourth-order valence-corrected chi connectivity index (χ4v) is 2.22. The quantitative estimate of drug-likeness (QED) is 0.851. The molecule has 0 aliphatic carbocycles. The van der Waals surface area contributed by atoms with Gasteiger partial charge in [0.15, 0.2) is 11.5 Å². The van der Waals surface area contributed by atoms with Gasteiger partial charge in [-0.3, -0.25) is 4.79 Å². The Hall–Kier alpha value is -2.96. The third-order valence-electron chi connectivity index (χ3n) is 3.35. The monoisotopic (exact) mass is 335 g/mol. The smallest absolute Gasteiger partial charge is 0.416 e. The number of alkyl halides is 3. The Kier molecular flexibility index (Phi) is 3.92. The first-order valence-electron chi connectivity index (χ1n) is 6.95. The summed E-state index contributed by atoms with van der Waals surface area (Å²) in [5.41, 5.74) is -0.0632. The van der Waals surface area contributed by atoms with Gasteiger partial charge >= 0.3 is 6.18 Å². The number of halogens is 3. The Labute approximate surface area is 135 Å². The number of anilines is 1. The van der Waals surface area contributed by atoms with E-state index in [0.29, 0.717) is 17.2 Å². The first-order chi connectivity index (χ1) is 11.4. The van der Waals surface area contributed by atoms with Crippen LogP contribution in [0, 0.1) is 0 Å². The highest BCUT2D eigenvalue weighted by Crippen LogP contribution is 2.42. The molecule has 7 heteroatoms. The number of benzene rings is 2. The van der Waals surface area contributed by atoms with E-state index in [-0.39, 0.29) is 11.5 Å². The molecule has 2 aromatic rings. The van der Waals surface area contributed by atoms with Gasteiger partial charge in [-0.2, -0.15) is 13.2 Å². The Morgan fingerprint density at radius 3 is 2.58 bits per heavy atom. The summed E-state index contributed by atoms with van der Waals surface area (Å²) >= 11 is 0. The second-order valence-electron chi connectivity index (χ2n) is 5.05. The topological polar surface area (TPSA) is 47.6 Å². The van der Waals surface area contributed by atoms with Gasteiger partial charge in [0.2, 0.25) is 5.91 Å². The number of carbonyl (C=O) groups excluding carboxylic acids is 1. The van der Waals surface area contributed by atoms with E-state index in [1.807, 2.05) is 0 Å². The van der Waals surface area contributed by atoms with E-state index < -0.39 is 18.0 Å². The third kappa shape index (κ3) is 3.19. The summed E-state index contributed by atoms with van der Waals surface area (Å²) in [6.07, 6.45) is -4.30. The molecular formula is C17H12F3NO3. The molecule has 1 unspecified atom stereocenters. The summed E-state index contributed by atoms with van der Waals surface area (Å²) in [5, 5.41) is 2.56. The SMILES string of the molecule is C=CC(=O)Nc1ccc2c(c1)OC(c1cccc(C(F)(F)F)c1)O2. The standard InChI is InChI=1S/C17H12F3NO3/c1-2-15(22)21-12-6-7-13-14(9-12)24-16(23-13)10-4-3-5-11(8-10)17(18,19)20/h2-9,16H,1H2,(H,21,22). The van der Waals surface area contributed by atoms with Gasteiger partial charge in [-0.25, -0.2) is 0 Å². The molecule has 0 bridgehead atoms. The van der Waals surface area contributed by atoms with Crippen molar-refractivity contribution in [1.29, 1.82) is 0 Å². The Morgan fingerprint density at radius 1 is 1.12 bits per heavy atom. The Balaban J connectivity index is 1.81. The molecule has 0 radical (unpaired) electrons. The molecule has 2 aromatic carbocycles. The van der Waals surface area contributed by atoms with Gasteiger partial charge < -0.3 is 14.8 Å². The lowest BCUT2D eigenvalue weighted by Gasteiger charge is -2.13. The van der Waals surface area contributed by atoms with E-state index in [1.165, 1.54) is 18.2 Å². The van der Waals surface area contributed by atoms with E-state index in [0.717, 1.165) is 18.2 Å². The number of fused-ring (bicyclic) bond motifs is 1. The number of carbonyl (C=O) groups is 1. The zero-order valence-electron chi connectivity index (χ0n) is 12.3. The van der Waals surface area contributed by atoms with E-state index in [4.69, 9.17) is 9.47 Å². The first-order valence-corrected chi connectivity index (χ1v) is 6.95. The molecule has 4 nitrogen and oxygen atoms in total. The van der Waals surface area contributed by atoms with Gasteiger partial charge in [0.1, 0.15) is 0 Å². The largest absolute Gasteiger partial charge is 0.447 e. The van der Waals surface area contributed by atoms with Crippen molar-refractivity contribution in [1.82, 2.24) is 0 Å². The number of hydrogen-bond donors (Lipinski definition) is 1. The van der Waals surface area contributed by atoms with Crippen LogP contribution in [0.25, 0.3) is 0 Å². The zero-order valence-corrected chi connectivity index (χ0v) is 12.3. The van der Waals surface area contributed by atoms with Crippen LogP contribution in [0.4, 0.5) is 18.9 Å². The van der Waals surface area contributed by atoms with Crippen molar-refractivity contribution in [3.05, 3.63) is 66.2 Å². The van der Waals surface area contributed by atoms with E-state index >= 15 is 0 Å². The van der Waals surface area contributed by atoms with Crippen LogP contribution in [0.1, 0.15) is 17.4 Å². The fourth-order valence-electron chi connectivity index (χ4n) is 2.22. The van der Waals surface area contributed by atoms with Crippen LogP contribution in [0.3, 0.4) is 0 Å². The lowest BCUT2D eigenvalue weighted by molar-refractivity contribution is -0.137. The molecule has 1 aliphatic rings. The van der Waals surface area contributed by atoms with Gasteiger partial charge in [0, 0.05) is 17.3 Å². The van der Waals surface area contributed by atoms with E-state index in [9.17, 15) is 18.0 Å². The summed E-state index contributed by atoms with van der Waals surface area (Å²) in [6, 6.07) is 9.45. The molecule has 24 heavy (non-hydrogen) atoms. The molecule has 1 N–H and O–H groups in total. The summed E-state index contributed by atoms with van der Waals surface area (Å²) in [7, 11) is 0. The lowest BCUT2D eigenvalue weighted by atomic mass is 10.1. The minimum atomic E-state index is -4.44. The van der Waals surface area contributed by atoms with Gasteiger partial charge in [-0.05, 0) is 30.3 Å². The van der Waals surface area contributed by atoms with Crippen LogP contribution < -0.4 is 14.8 Å². The van der Waals surface area contributed by atoms with Crippen molar-refractivity contribution in [3.63, 3.8) is 0 Å². The molecule has 124 valence electrons. The van der Waals surface area contributed by atoms with E-state index in [2.05, 4.69) is 11.9 Å². The molecule has 1 heterocycles. The average molecular weight is 335 g/mol. The zero-order chi connectivity index (χ0) is 17.3. The minimum Gasteiger partial charge on any atom is -0.447 e. The van der Waals surface area contributed by atoms with Gasteiger partial charge in [-0.1, -0.05) is 18.7 Å². The van der Waals surface area contributed by atoms with Crippen molar-refractivity contribution in [2.45, 2.75) is 12.5 Å². The first kappa shape index (κ1) is 15.9. The molecule has 0 saturated heterocycles. The van der Waals surface area contributed by atoms with Gasteiger partial charge in [-0.15, -0.1) is 0 Å². The van der Waals surface area contributed by atoms with Crippen molar-refractivity contribution in [3.8, 4) is 11.5 Å². The number of hydrogen-bond acceptors (Lipinski definition) is 3. The highest BCUT2D eigenvalue weighted by molar-refractivity contribution is 5.99. The third-order valence-corrected chi connectivity index (χ3v) is 3.35. The summed E-state index contributed by atoms with van der Waals surface area (Å²) < 4.78 is 49.5. The second kappa shape index (κ2) is 5.92. The predicted octanol–water partition coefficient (Wildman–Crippen LogP) is 4.30. The van der Waals surface area contributed by atoms with Gasteiger partial charge in [0.25, 0.3) is 6.29 Å². The van der Waals surface area contributed by atoms with Crippen LogP contribution in [0.5, 0.6) is 11.5 Å². The fraction of sp³-hybridized carbons (Fsp3) is 0.118. The summed E-state index contributed by atoms with van der Waals surface area (Å²) in [6.45, 7) is 3.35. The van der Waals surface area contributed by atoms with Crippen molar-refractivity contribution in [2.24, 2.45) is 0 Å². The predicted molar refractivity (Wildman–Crippen MR) is 80.7 cm³/mol. The van der Waals surface area contributed by atoms with Crippen molar-refractivity contribution in [2.75, 3.05) is 5.32 Å². The molecular weight excluding hydrogens is 323 g/mol. The second-order valence-corrected chi connectivity index (χ2v) is 5.05.